The van der Waals surface area contributed by atoms with Gasteiger partial charge < -0.3 is 9.47 Å². The normalized spacial score (nSPS) is 22.1. The van der Waals surface area contributed by atoms with Gasteiger partial charge >= 0.3 is 0 Å². The minimum Gasteiger partial charge on any atom is -0.339 e. The van der Waals surface area contributed by atoms with Crippen LogP contribution in [0.3, 0.4) is 0 Å². The zero-order valence-electron chi connectivity index (χ0n) is 13.7. The molecule has 0 N–H and O–H groups in total. The van der Waals surface area contributed by atoms with E-state index in [0.717, 1.165) is 23.2 Å². The van der Waals surface area contributed by atoms with Crippen molar-refractivity contribution in [2.24, 2.45) is 4.99 Å². The smallest absolute Gasteiger partial charge is 0.160 e. The van der Waals surface area contributed by atoms with Crippen molar-refractivity contribution in [2.45, 2.75) is 12.1 Å². The number of amidine groups is 1. The van der Waals surface area contributed by atoms with Gasteiger partial charge in [-0.2, -0.15) is 0 Å². The molecular formula is C20H18N4S. The van der Waals surface area contributed by atoms with Crippen LogP contribution in [0, 0.1) is 0 Å². The van der Waals surface area contributed by atoms with Crippen molar-refractivity contribution in [1.29, 1.82) is 0 Å². The minimum atomic E-state index is 0.0429. The van der Waals surface area contributed by atoms with Crippen LogP contribution in [0.2, 0.25) is 0 Å². The molecule has 4 heterocycles. The average Bonchev–Trinajstić information content (AvgIpc) is 3.38. The predicted molar refractivity (Wildman–Crippen MR) is 102 cm³/mol. The Labute approximate surface area is 151 Å². The van der Waals surface area contributed by atoms with Gasteiger partial charge in [0.2, 0.25) is 0 Å². The Bertz CT molecular complexity index is 904. The number of aromatic nitrogens is 2. The molecule has 2 aliphatic heterocycles. The van der Waals surface area contributed by atoms with E-state index in [1.165, 1.54) is 11.4 Å². The molecule has 1 fully saturated rings. The number of thioether (sulfide) groups is 1. The van der Waals surface area contributed by atoms with Crippen molar-refractivity contribution in [1.82, 2.24) is 14.5 Å². The van der Waals surface area contributed by atoms with Crippen molar-refractivity contribution >= 4 is 16.9 Å². The summed E-state index contributed by atoms with van der Waals surface area (Å²) in [5.74, 6) is 1.11. The van der Waals surface area contributed by atoms with Gasteiger partial charge in [-0.3, -0.25) is 9.98 Å². The lowest BCUT2D eigenvalue weighted by Gasteiger charge is -2.27. The highest BCUT2D eigenvalue weighted by atomic mass is 32.2. The molecule has 1 saturated heterocycles. The van der Waals surface area contributed by atoms with Crippen LogP contribution in [0.4, 0.5) is 0 Å². The van der Waals surface area contributed by atoms with E-state index in [2.05, 4.69) is 69.2 Å². The van der Waals surface area contributed by atoms with Crippen molar-refractivity contribution in [3.8, 4) is 5.69 Å². The molecule has 2 atom stereocenters. The number of nitrogens with zero attached hydrogens (tertiary/aromatic N) is 4. The molecule has 2 unspecified atom stereocenters. The van der Waals surface area contributed by atoms with Gasteiger partial charge in [0.15, 0.2) is 5.17 Å². The third-order valence-corrected chi connectivity index (χ3v) is 5.79. The van der Waals surface area contributed by atoms with Crippen LogP contribution in [0.25, 0.3) is 5.69 Å². The second-order valence-corrected chi connectivity index (χ2v) is 7.30. The van der Waals surface area contributed by atoms with Crippen molar-refractivity contribution in [2.75, 3.05) is 12.3 Å². The molecule has 4 nitrogen and oxygen atoms in total. The highest BCUT2D eigenvalue weighted by Crippen LogP contribution is 2.46. The molecule has 0 aliphatic carbocycles. The Morgan fingerprint density at radius 1 is 0.960 bits per heavy atom. The number of hydrogen-bond acceptors (Lipinski definition) is 4. The summed E-state index contributed by atoms with van der Waals surface area (Å²) < 4.78 is 2.28. The molecule has 1 aromatic carbocycles. The van der Waals surface area contributed by atoms with Gasteiger partial charge in [0.05, 0.1) is 11.7 Å². The fraction of sp³-hybridized carbons (Fsp3) is 0.200. The van der Waals surface area contributed by atoms with Gasteiger partial charge in [0, 0.05) is 36.1 Å². The highest BCUT2D eigenvalue weighted by molar-refractivity contribution is 8.14. The van der Waals surface area contributed by atoms with E-state index in [1.54, 1.807) is 0 Å². The summed E-state index contributed by atoms with van der Waals surface area (Å²) in [6.45, 7) is 1.04. The molecule has 124 valence electrons. The Morgan fingerprint density at radius 3 is 2.68 bits per heavy atom. The highest BCUT2D eigenvalue weighted by Gasteiger charge is 2.42. The van der Waals surface area contributed by atoms with Crippen LogP contribution in [0.1, 0.15) is 23.5 Å². The first-order valence-electron chi connectivity index (χ1n) is 8.53. The fourth-order valence-electron chi connectivity index (χ4n) is 3.70. The van der Waals surface area contributed by atoms with Crippen LogP contribution < -0.4 is 0 Å². The Morgan fingerprint density at radius 2 is 1.84 bits per heavy atom. The van der Waals surface area contributed by atoms with Crippen LogP contribution in [0.15, 0.2) is 78.0 Å². The lowest BCUT2D eigenvalue weighted by atomic mass is 10.0. The predicted octanol–water partition coefficient (Wildman–Crippen LogP) is 4.07. The van der Waals surface area contributed by atoms with E-state index in [0.29, 0.717) is 0 Å². The maximum atomic E-state index is 5.02. The van der Waals surface area contributed by atoms with Crippen LogP contribution in [0.5, 0.6) is 0 Å². The summed E-state index contributed by atoms with van der Waals surface area (Å²) in [4.78, 5) is 12.1. The Hall–Kier alpha value is -2.53. The lowest BCUT2D eigenvalue weighted by molar-refractivity contribution is 0.322. The topological polar surface area (TPSA) is 33.4 Å². The van der Waals surface area contributed by atoms with Gasteiger partial charge in [0.1, 0.15) is 6.04 Å². The molecule has 3 aromatic rings. The maximum absolute atomic E-state index is 5.02. The molecule has 0 spiro atoms. The van der Waals surface area contributed by atoms with Gasteiger partial charge in [0.25, 0.3) is 0 Å². The number of rotatable bonds is 3. The number of hydrogen-bond donors (Lipinski definition) is 0. The van der Waals surface area contributed by atoms with Crippen molar-refractivity contribution in [3.63, 3.8) is 0 Å². The molecule has 5 heteroatoms. The molecular weight excluding hydrogens is 328 g/mol. The Balaban J connectivity index is 1.62. The summed E-state index contributed by atoms with van der Waals surface area (Å²) >= 11 is 1.85. The van der Waals surface area contributed by atoms with Crippen molar-refractivity contribution < 1.29 is 0 Å². The number of para-hydroxylation sites is 1. The molecule has 5 rings (SSSR count). The van der Waals surface area contributed by atoms with Gasteiger partial charge in [-0.1, -0.05) is 36.0 Å². The van der Waals surface area contributed by atoms with E-state index >= 15 is 0 Å². The second kappa shape index (κ2) is 6.08. The van der Waals surface area contributed by atoms with Gasteiger partial charge in [-0.05, 0) is 36.4 Å². The number of pyridine rings is 1. The fourth-order valence-corrected chi connectivity index (χ4v) is 4.73. The third-order valence-electron chi connectivity index (χ3n) is 4.80. The van der Waals surface area contributed by atoms with E-state index in [4.69, 9.17) is 4.99 Å². The summed E-state index contributed by atoms with van der Waals surface area (Å²) in [6.07, 6.45) is 4.00. The molecule has 0 radical (unpaired) electrons. The average molecular weight is 346 g/mol. The molecule has 0 amide bonds. The monoisotopic (exact) mass is 346 g/mol. The SMILES string of the molecule is c1ccc(-n2cccc2C2C(c3ccccn3)N=C3SCCN32)cc1. The Kier molecular flexibility index (Phi) is 3.59. The van der Waals surface area contributed by atoms with Gasteiger partial charge in [-0.25, -0.2) is 0 Å². The first kappa shape index (κ1) is 14.8. The van der Waals surface area contributed by atoms with E-state index < -0.39 is 0 Å². The molecule has 0 saturated carbocycles. The number of aliphatic imine (C=N–C) groups is 1. The quantitative estimate of drug-likeness (QED) is 0.717. The van der Waals surface area contributed by atoms with Crippen LogP contribution in [-0.2, 0) is 0 Å². The third kappa shape index (κ3) is 2.46. The molecule has 2 aliphatic rings. The maximum Gasteiger partial charge on any atom is 0.160 e. The summed E-state index contributed by atoms with van der Waals surface area (Å²) in [5.41, 5.74) is 3.49. The van der Waals surface area contributed by atoms with Gasteiger partial charge in [-0.15, -0.1) is 0 Å². The minimum absolute atomic E-state index is 0.0429. The van der Waals surface area contributed by atoms with E-state index in [1.807, 2.05) is 30.1 Å². The largest absolute Gasteiger partial charge is 0.339 e. The first-order valence-corrected chi connectivity index (χ1v) is 9.51. The molecule has 0 bridgehead atoms. The molecule has 2 aromatic heterocycles. The van der Waals surface area contributed by atoms with E-state index in [-0.39, 0.29) is 12.1 Å². The standard InChI is InChI=1S/C20H18N4S/c1-2-7-15(8-3-1)23-12-6-10-17(23)19-18(16-9-4-5-11-21-16)22-20-24(19)13-14-25-20/h1-12,18-19H,13-14H2. The van der Waals surface area contributed by atoms with Crippen molar-refractivity contribution in [3.05, 3.63) is 84.4 Å². The second-order valence-electron chi connectivity index (χ2n) is 6.24. The first-order chi connectivity index (χ1) is 12.4. The number of fused-ring (bicyclic) bond motifs is 1. The lowest BCUT2D eigenvalue weighted by Crippen LogP contribution is -2.28. The molecule has 25 heavy (non-hydrogen) atoms. The van der Waals surface area contributed by atoms with Crippen LogP contribution in [-0.4, -0.2) is 31.9 Å². The van der Waals surface area contributed by atoms with E-state index in [9.17, 15) is 0 Å². The summed E-state index contributed by atoms with van der Waals surface area (Å²) in [5, 5.41) is 1.15. The zero-order valence-corrected chi connectivity index (χ0v) is 14.5. The number of benzene rings is 1. The summed E-state index contributed by atoms with van der Waals surface area (Å²) in [7, 11) is 0. The summed E-state index contributed by atoms with van der Waals surface area (Å²) in [6, 6.07) is 21.2. The van der Waals surface area contributed by atoms with Crippen LogP contribution >= 0.6 is 11.8 Å². The zero-order chi connectivity index (χ0) is 16.6.